The number of piperidine rings is 1. The maximum atomic E-state index is 13.3. The van der Waals surface area contributed by atoms with Crippen LogP contribution >= 0.6 is 0 Å². The van der Waals surface area contributed by atoms with Crippen molar-refractivity contribution in [2.45, 2.75) is 44.6 Å². The molecule has 1 aromatic heterocycles. The lowest BCUT2D eigenvalue weighted by Gasteiger charge is -2.34. The molecule has 1 aliphatic heterocycles. The highest BCUT2D eigenvalue weighted by Gasteiger charge is 2.31. The van der Waals surface area contributed by atoms with E-state index in [4.69, 9.17) is 14.2 Å². The Balaban J connectivity index is 1.60. The van der Waals surface area contributed by atoms with E-state index in [0.717, 1.165) is 38.5 Å². The van der Waals surface area contributed by atoms with Crippen LogP contribution in [0.4, 0.5) is 0 Å². The van der Waals surface area contributed by atoms with Crippen molar-refractivity contribution >= 4 is 16.8 Å². The van der Waals surface area contributed by atoms with Gasteiger partial charge in [-0.25, -0.2) is 4.98 Å². The Morgan fingerprint density at radius 2 is 1.67 bits per heavy atom. The quantitative estimate of drug-likeness (QED) is 0.747. The number of nitrogens with zero attached hydrogens (tertiary/aromatic N) is 3. The van der Waals surface area contributed by atoms with Gasteiger partial charge in [0.05, 0.1) is 33.0 Å². The number of rotatable bonds is 5. The second-order valence-corrected chi connectivity index (χ2v) is 8.04. The lowest BCUT2D eigenvalue weighted by atomic mass is 10.0. The first-order chi connectivity index (χ1) is 14.6. The number of likely N-dealkylation sites (tertiary alicyclic amines) is 1. The van der Waals surface area contributed by atoms with Gasteiger partial charge in [0.1, 0.15) is 5.52 Å². The summed E-state index contributed by atoms with van der Waals surface area (Å²) < 4.78 is 17.9. The Bertz CT molecular complexity index is 988. The molecule has 1 amide bonds. The van der Waals surface area contributed by atoms with E-state index in [2.05, 4.69) is 4.98 Å². The van der Waals surface area contributed by atoms with Gasteiger partial charge in [0.25, 0.3) is 5.56 Å². The van der Waals surface area contributed by atoms with Crippen LogP contribution in [0.2, 0.25) is 0 Å². The summed E-state index contributed by atoms with van der Waals surface area (Å²) in [6.07, 6.45) is 7.41. The number of aromatic nitrogens is 2. The van der Waals surface area contributed by atoms with E-state index in [1.54, 1.807) is 17.0 Å². The van der Waals surface area contributed by atoms with Gasteiger partial charge in [-0.05, 0) is 31.7 Å². The van der Waals surface area contributed by atoms with Gasteiger partial charge in [0, 0.05) is 25.0 Å². The second-order valence-electron chi connectivity index (χ2n) is 8.04. The number of carbonyl (C=O) groups excluding carboxylic acids is 1. The third kappa shape index (κ3) is 3.48. The Kier molecular flexibility index (Phi) is 5.83. The monoisotopic (exact) mass is 415 g/mol. The van der Waals surface area contributed by atoms with E-state index >= 15 is 0 Å². The van der Waals surface area contributed by atoms with Gasteiger partial charge in [-0.15, -0.1) is 0 Å². The fraction of sp³-hybridized carbons (Fsp3) is 0.591. The van der Waals surface area contributed by atoms with Crippen molar-refractivity contribution < 1.29 is 19.0 Å². The SMILES string of the molecule is COc1cc2c(=O)n(C3CCN(C(=O)C4CCCC4)CC3)cnc2c(OC)c1OC. The van der Waals surface area contributed by atoms with Crippen molar-refractivity contribution in [3.05, 3.63) is 22.7 Å². The number of fused-ring (bicyclic) bond motifs is 1. The number of hydrogen-bond acceptors (Lipinski definition) is 6. The minimum absolute atomic E-state index is 0.0149. The highest BCUT2D eigenvalue weighted by molar-refractivity contribution is 5.89. The van der Waals surface area contributed by atoms with Gasteiger partial charge in [-0.1, -0.05) is 12.8 Å². The minimum atomic E-state index is -0.139. The molecule has 8 heteroatoms. The summed E-state index contributed by atoms with van der Waals surface area (Å²) in [6.45, 7) is 1.36. The number of benzene rings is 1. The molecule has 0 unspecified atom stereocenters. The summed E-state index contributed by atoms with van der Waals surface area (Å²) in [6, 6.07) is 1.67. The van der Waals surface area contributed by atoms with E-state index in [9.17, 15) is 9.59 Å². The van der Waals surface area contributed by atoms with Crippen LogP contribution in [-0.4, -0.2) is 54.8 Å². The van der Waals surface area contributed by atoms with Crippen molar-refractivity contribution in [2.75, 3.05) is 34.4 Å². The van der Waals surface area contributed by atoms with Crippen LogP contribution in [0.5, 0.6) is 17.2 Å². The first-order valence-electron chi connectivity index (χ1n) is 10.6. The van der Waals surface area contributed by atoms with Crippen LogP contribution in [0.15, 0.2) is 17.2 Å². The topological polar surface area (TPSA) is 82.9 Å². The van der Waals surface area contributed by atoms with Gasteiger partial charge in [0.15, 0.2) is 11.5 Å². The molecule has 0 atom stereocenters. The molecule has 1 aliphatic carbocycles. The van der Waals surface area contributed by atoms with Crippen LogP contribution < -0.4 is 19.8 Å². The molecule has 0 N–H and O–H groups in total. The normalized spacial score (nSPS) is 18.0. The van der Waals surface area contributed by atoms with Gasteiger partial charge < -0.3 is 19.1 Å². The van der Waals surface area contributed by atoms with E-state index in [1.807, 2.05) is 4.90 Å². The molecule has 2 aromatic rings. The molecule has 8 nitrogen and oxygen atoms in total. The standard InChI is InChI=1S/C22H29N3O5/c1-28-17-12-16-18(20(30-3)19(17)29-2)23-13-25(22(16)27)15-8-10-24(11-9-15)21(26)14-6-4-5-7-14/h12-15H,4-11H2,1-3H3. The Morgan fingerprint density at radius 1 is 1.00 bits per heavy atom. The van der Waals surface area contributed by atoms with Crippen LogP contribution in [0.3, 0.4) is 0 Å². The zero-order valence-corrected chi connectivity index (χ0v) is 17.8. The lowest BCUT2D eigenvalue weighted by molar-refractivity contribution is -0.136. The largest absolute Gasteiger partial charge is 0.493 e. The molecule has 30 heavy (non-hydrogen) atoms. The first-order valence-corrected chi connectivity index (χ1v) is 10.6. The maximum absolute atomic E-state index is 13.3. The molecule has 2 heterocycles. The highest BCUT2D eigenvalue weighted by Crippen LogP contribution is 2.41. The van der Waals surface area contributed by atoms with E-state index in [0.29, 0.717) is 41.2 Å². The van der Waals surface area contributed by atoms with Crippen LogP contribution in [-0.2, 0) is 4.79 Å². The van der Waals surface area contributed by atoms with E-state index < -0.39 is 0 Å². The minimum Gasteiger partial charge on any atom is -0.493 e. The van der Waals surface area contributed by atoms with E-state index in [-0.39, 0.29) is 23.4 Å². The first kappa shape index (κ1) is 20.5. The summed E-state index contributed by atoms with van der Waals surface area (Å²) in [4.78, 5) is 32.5. The van der Waals surface area contributed by atoms with Crippen molar-refractivity contribution in [1.82, 2.24) is 14.5 Å². The number of methoxy groups -OCH3 is 3. The highest BCUT2D eigenvalue weighted by atomic mass is 16.5. The fourth-order valence-corrected chi connectivity index (χ4v) is 4.80. The third-order valence-electron chi connectivity index (χ3n) is 6.45. The number of carbonyl (C=O) groups is 1. The molecule has 4 rings (SSSR count). The molecule has 1 saturated carbocycles. The predicted octanol–water partition coefficient (Wildman–Crippen LogP) is 2.78. The van der Waals surface area contributed by atoms with Crippen LogP contribution in [0.1, 0.15) is 44.6 Å². The van der Waals surface area contributed by atoms with Gasteiger partial charge >= 0.3 is 0 Å². The molecule has 0 spiro atoms. The van der Waals surface area contributed by atoms with Crippen molar-refractivity contribution in [1.29, 1.82) is 0 Å². The molecule has 2 aliphatic rings. The van der Waals surface area contributed by atoms with Crippen molar-refractivity contribution in [3.8, 4) is 17.2 Å². The molecular weight excluding hydrogens is 386 g/mol. The van der Waals surface area contributed by atoms with Gasteiger partial charge in [-0.3, -0.25) is 14.2 Å². The van der Waals surface area contributed by atoms with Gasteiger partial charge in [0.2, 0.25) is 11.7 Å². The van der Waals surface area contributed by atoms with Crippen LogP contribution in [0, 0.1) is 5.92 Å². The summed E-state index contributed by atoms with van der Waals surface area (Å²) in [5.74, 6) is 1.71. The zero-order chi connectivity index (χ0) is 21.3. The van der Waals surface area contributed by atoms with Gasteiger partial charge in [-0.2, -0.15) is 0 Å². The molecule has 0 radical (unpaired) electrons. The predicted molar refractivity (Wildman–Crippen MR) is 112 cm³/mol. The number of ether oxygens (including phenoxy) is 3. The molecule has 1 saturated heterocycles. The van der Waals surface area contributed by atoms with Crippen molar-refractivity contribution in [3.63, 3.8) is 0 Å². The number of amides is 1. The third-order valence-corrected chi connectivity index (χ3v) is 6.45. The van der Waals surface area contributed by atoms with E-state index in [1.165, 1.54) is 21.3 Å². The Morgan fingerprint density at radius 3 is 2.27 bits per heavy atom. The summed E-state index contributed by atoms with van der Waals surface area (Å²) in [7, 11) is 4.56. The Hall–Kier alpha value is -2.77. The maximum Gasteiger partial charge on any atom is 0.261 e. The second kappa shape index (κ2) is 8.53. The molecule has 0 bridgehead atoms. The average Bonchev–Trinajstić information content (AvgIpc) is 3.32. The Labute approximate surface area is 175 Å². The molecule has 1 aromatic carbocycles. The van der Waals surface area contributed by atoms with Crippen LogP contribution in [0.25, 0.3) is 10.9 Å². The zero-order valence-electron chi connectivity index (χ0n) is 17.8. The smallest absolute Gasteiger partial charge is 0.261 e. The molecule has 2 fully saturated rings. The summed E-state index contributed by atoms with van der Waals surface area (Å²) in [5.41, 5.74) is 0.310. The molecular formula is C22H29N3O5. The van der Waals surface area contributed by atoms with Crippen molar-refractivity contribution in [2.24, 2.45) is 5.92 Å². The number of hydrogen-bond donors (Lipinski definition) is 0. The molecule has 162 valence electrons. The summed E-state index contributed by atoms with van der Waals surface area (Å²) in [5, 5.41) is 0.427. The summed E-state index contributed by atoms with van der Waals surface area (Å²) >= 11 is 0. The lowest BCUT2D eigenvalue weighted by Crippen LogP contribution is -2.43. The fourth-order valence-electron chi connectivity index (χ4n) is 4.80. The average molecular weight is 415 g/mol.